The van der Waals surface area contributed by atoms with Crippen LogP contribution in [0.25, 0.3) is 22.3 Å². The Morgan fingerprint density at radius 1 is 0.745 bits per heavy atom. The van der Waals surface area contributed by atoms with E-state index in [1.807, 2.05) is 0 Å². The predicted octanol–water partition coefficient (Wildman–Crippen LogP) is -1.81. The monoisotopic (exact) mass is 668 g/mol. The normalized spacial score (nSPS) is 31.0. The minimum atomic E-state index is -1.98. The van der Waals surface area contributed by atoms with Crippen LogP contribution < -0.4 is 24.4 Å². The van der Waals surface area contributed by atoms with Crippen LogP contribution in [-0.4, -0.2) is 137 Å². The molecule has 2 aromatic carbocycles. The van der Waals surface area contributed by atoms with E-state index >= 15 is 0 Å². The third kappa shape index (κ3) is 6.42. The van der Waals surface area contributed by atoms with Crippen LogP contribution in [0.3, 0.4) is 0 Å². The molecule has 47 heavy (non-hydrogen) atoms. The molecule has 17 heteroatoms. The first-order valence-electron chi connectivity index (χ1n) is 14.3. The second-order valence-corrected chi connectivity index (χ2v) is 10.8. The van der Waals surface area contributed by atoms with Gasteiger partial charge in [0.1, 0.15) is 71.3 Å². The Kier molecular flexibility index (Phi) is 10.4. The maximum Gasteiger partial charge on any atom is 0.239 e. The number of methoxy groups -OCH3 is 3. The summed E-state index contributed by atoms with van der Waals surface area (Å²) in [6.07, 6.45) is -17.3. The van der Waals surface area contributed by atoms with E-state index in [4.69, 9.17) is 37.6 Å². The third-order valence-corrected chi connectivity index (χ3v) is 7.98. The van der Waals surface area contributed by atoms with Crippen molar-refractivity contribution in [3.05, 3.63) is 40.6 Å². The molecule has 2 fully saturated rings. The number of rotatable bonds is 10. The molecule has 8 N–H and O–H groups in total. The average molecular weight is 669 g/mol. The Hall–Kier alpha value is -3.75. The largest absolute Gasteiger partial charge is 0.507 e. The van der Waals surface area contributed by atoms with Gasteiger partial charge in [0.05, 0.1) is 34.5 Å². The number of hydrogen-bond donors (Lipinski definition) is 8. The molecule has 1 aromatic heterocycles. The minimum absolute atomic E-state index is 0.0876. The highest BCUT2D eigenvalue weighted by atomic mass is 16.7. The average Bonchev–Trinajstić information content (AvgIpc) is 3.08. The lowest BCUT2D eigenvalue weighted by Gasteiger charge is -2.45. The highest BCUT2D eigenvalue weighted by molar-refractivity contribution is 5.88. The molecule has 258 valence electrons. The van der Waals surface area contributed by atoms with Crippen LogP contribution in [-0.2, 0) is 14.2 Å². The van der Waals surface area contributed by atoms with Gasteiger partial charge in [0.15, 0.2) is 23.5 Å². The third-order valence-electron chi connectivity index (χ3n) is 7.98. The van der Waals surface area contributed by atoms with Gasteiger partial charge in [-0.25, -0.2) is 0 Å². The second kappa shape index (κ2) is 14.2. The second-order valence-electron chi connectivity index (χ2n) is 10.8. The summed E-state index contributed by atoms with van der Waals surface area (Å²) >= 11 is 0. The number of benzene rings is 2. The zero-order valence-electron chi connectivity index (χ0n) is 25.3. The Morgan fingerprint density at radius 3 is 2.04 bits per heavy atom. The number of phenolic OH excluding ortho intramolecular Hbond substituents is 1. The maximum absolute atomic E-state index is 13.9. The van der Waals surface area contributed by atoms with E-state index < -0.39 is 91.6 Å². The van der Waals surface area contributed by atoms with Gasteiger partial charge < -0.3 is 78.4 Å². The highest BCUT2D eigenvalue weighted by Gasteiger charge is 2.51. The summed E-state index contributed by atoms with van der Waals surface area (Å²) in [6.45, 7) is -1.60. The van der Waals surface area contributed by atoms with Crippen molar-refractivity contribution in [1.29, 1.82) is 0 Å². The first-order valence-corrected chi connectivity index (χ1v) is 14.3. The summed E-state index contributed by atoms with van der Waals surface area (Å²) in [5, 5.41) is 82.7. The molecule has 2 aliphatic rings. The zero-order valence-corrected chi connectivity index (χ0v) is 25.3. The lowest BCUT2D eigenvalue weighted by molar-refractivity contribution is -0.352. The molecule has 0 aliphatic carbocycles. The van der Waals surface area contributed by atoms with E-state index in [2.05, 4.69) is 0 Å². The van der Waals surface area contributed by atoms with Crippen molar-refractivity contribution in [2.45, 2.75) is 61.4 Å². The van der Waals surface area contributed by atoms with Crippen molar-refractivity contribution in [2.24, 2.45) is 0 Å². The molecule has 17 nitrogen and oxygen atoms in total. The minimum Gasteiger partial charge on any atom is -0.507 e. The lowest BCUT2D eigenvalue weighted by Crippen LogP contribution is -2.65. The molecule has 10 unspecified atom stereocenters. The first kappa shape index (κ1) is 34.6. The van der Waals surface area contributed by atoms with Crippen molar-refractivity contribution >= 4 is 11.0 Å². The maximum atomic E-state index is 13.9. The van der Waals surface area contributed by atoms with Crippen molar-refractivity contribution < 1.29 is 78.4 Å². The van der Waals surface area contributed by atoms with Gasteiger partial charge in [-0.05, 0) is 18.2 Å². The van der Waals surface area contributed by atoms with Crippen LogP contribution in [0.2, 0.25) is 0 Å². The van der Waals surface area contributed by atoms with E-state index in [-0.39, 0.29) is 33.8 Å². The summed E-state index contributed by atoms with van der Waals surface area (Å²) < 4.78 is 44.3. The van der Waals surface area contributed by atoms with Crippen molar-refractivity contribution in [2.75, 3.05) is 34.5 Å². The number of fused-ring (bicyclic) bond motifs is 1. The number of aliphatic hydroxyl groups is 7. The Labute approximate surface area is 266 Å². The standard InChI is InChI=1S/C30H36O17/c1-40-12-7-13(33)19-16(8-12)43-26(11-4-5-14(41-2)15(6-11)42-3)28(21(19)35)47-30-25(39)23(37)27(18(10-32)45-30)46-29-24(38)22(36)20(34)17(9-31)44-29/h4-8,17-18,20,22-25,27,29-34,36-39H,9-10H2,1-3H3. The molecule has 5 rings (SSSR count). The van der Waals surface area contributed by atoms with Crippen LogP contribution >= 0.6 is 0 Å². The van der Waals surface area contributed by atoms with Crippen LogP contribution in [0.4, 0.5) is 0 Å². The summed E-state index contributed by atoms with van der Waals surface area (Å²) in [5.41, 5.74) is -0.760. The van der Waals surface area contributed by atoms with Gasteiger partial charge in [0.2, 0.25) is 17.5 Å². The molecule has 0 radical (unpaired) electrons. The Bertz CT molecular complexity index is 1610. The van der Waals surface area contributed by atoms with Gasteiger partial charge in [0, 0.05) is 17.7 Å². The Morgan fingerprint density at radius 2 is 1.40 bits per heavy atom. The van der Waals surface area contributed by atoms with Gasteiger partial charge in [-0.15, -0.1) is 0 Å². The van der Waals surface area contributed by atoms with Crippen molar-refractivity contribution in [1.82, 2.24) is 0 Å². The molecule has 2 saturated heterocycles. The van der Waals surface area contributed by atoms with Gasteiger partial charge in [-0.3, -0.25) is 4.79 Å². The van der Waals surface area contributed by atoms with E-state index in [9.17, 15) is 45.6 Å². The SMILES string of the molecule is COc1cc(O)c2c(=O)c(OC3OC(CO)C(OC4OC(CO)C(O)C(O)C4O)C(O)C3O)c(-c3ccc(OC)c(OC)c3)oc2c1. The number of aliphatic hydroxyl groups excluding tert-OH is 7. The fourth-order valence-electron chi connectivity index (χ4n) is 5.42. The fourth-order valence-corrected chi connectivity index (χ4v) is 5.42. The van der Waals surface area contributed by atoms with Gasteiger partial charge in [-0.1, -0.05) is 0 Å². The fraction of sp³-hybridized carbons (Fsp3) is 0.500. The molecular formula is C30H36O17. The van der Waals surface area contributed by atoms with Crippen LogP contribution in [0.15, 0.2) is 39.5 Å². The molecule has 3 heterocycles. The number of phenols is 1. The summed E-state index contributed by atoms with van der Waals surface area (Å²) in [6, 6.07) is 7.07. The van der Waals surface area contributed by atoms with E-state index in [1.54, 1.807) is 0 Å². The zero-order chi connectivity index (χ0) is 34.2. The Balaban J connectivity index is 1.52. The predicted molar refractivity (Wildman–Crippen MR) is 156 cm³/mol. The van der Waals surface area contributed by atoms with Crippen LogP contribution in [0.1, 0.15) is 0 Å². The molecule has 0 bridgehead atoms. The van der Waals surface area contributed by atoms with Gasteiger partial charge in [-0.2, -0.15) is 0 Å². The topological polar surface area (TPSA) is 257 Å². The van der Waals surface area contributed by atoms with Crippen LogP contribution in [0, 0.1) is 0 Å². The molecular weight excluding hydrogens is 632 g/mol. The summed E-state index contributed by atoms with van der Waals surface area (Å²) in [7, 11) is 4.17. The molecule has 0 saturated carbocycles. The smallest absolute Gasteiger partial charge is 0.239 e. The number of hydrogen-bond acceptors (Lipinski definition) is 17. The summed E-state index contributed by atoms with van der Waals surface area (Å²) in [5.74, 6) is -0.497. The molecule has 2 aliphatic heterocycles. The first-order chi connectivity index (χ1) is 22.5. The summed E-state index contributed by atoms with van der Waals surface area (Å²) in [4.78, 5) is 13.9. The van der Waals surface area contributed by atoms with Gasteiger partial charge >= 0.3 is 0 Å². The molecule has 0 amide bonds. The van der Waals surface area contributed by atoms with E-state index in [0.29, 0.717) is 5.75 Å². The molecule has 3 aromatic rings. The molecule has 10 atom stereocenters. The molecule has 0 spiro atoms. The number of aromatic hydroxyl groups is 1. The van der Waals surface area contributed by atoms with Crippen molar-refractivity contribution in [3.63, 3.8) is 0 Å². The van der Waals surface area contributed by atoms with Gasteiger partial charge in [0.25, 0.3) is 0 Å². The lowest BCUT2D eigenvalue weighted by atomic mass is 9.97. The van der Waals surface area contributed by atoms with E-state index in [1.165, 1.54) is 51.7 Å². The van der Waals surface area contributed by atoms with Crippen molar-refractivity contribution in [3.8, 4) is 40.1 Å². The number of ether oxygens (including phenoxy) is 7. The van der Waals surface area contributed by atoms with E-state index in [0.717, 1.165) is 0 Å². The quantitative estimate of drug-likeness (QED) is 0.118. The van der Waals surface area contributed by atoms with Crippen LogP contribution in [0.5, 0.6) is 28.7 Å². The highest BCUT2D eigenvalue weighted by Crippen LogP contribution is 2.40.